The van der Waals surface area contributed by atoms with Gasteiger partial charge in [0.05, 0.1) is 0 Å². The normalized spacial score (nSPS) is 15.6. The van der Waals surface area contributed by atoms with Gasteiger partial charge in [0, 0.05) is 0 Å². The highest BCUT2D eigenvalue weighted by Crippen LogP contribution is 2.41. The van der Waals surface area contributed by atoms with Crippen molar-refractivity contribution in [3.8, 4) is 11.1 Å². The van der Waals surface area contributed by atoms with Crippen molar-refractivity contribution in [2.24, 2.45) is 0 Å². The van der Waals surface area contributed by atoms with Gasteiger partial charge in [0.1, 0.15) is 0 Å². The molecule has 2 aromatic carbocycles. The van der Waals surface area contributed by atoms with Crippen LogP contribution in [-0.4, -0.2) is 0 Å². The number of aryl methyl sites for hydroxylation is 1. The van der Waals surface area contributed by atoms with Crippen molar-refractivity contribution in [3.63, 3.8) is 0 Å². The van der Waals surface area contributed by atoms with Crippen LogP contribution in [0.4, 0.5) is 0 Å². The van der Waals surface area contributed by atoms with Crippen LogP contribution < -0.4 is 0 Å². The summed E-state index contributed by atoms with van der Waals surface area (Å²) in [4.78, 5) is 0. The quantitative estimate of drug-likeness (QED) is 0.676. The maximum absolute atomic E-state index is 2.38. The van der Waals surface area contributed by atoms with Crippen LogP contribution in [0.25, 0.3) is 11.1 Å². The largest absolute Gasteiger partial charge is 0.0622 e. The molecule has 0 heterocycles. The molecule has 0 bridgehead atoms. The molecule has 0 aromatic heterocycles. The van der Waals surface area contributed by atoms with E-state index in [-0.39, 0.29) is 0 Å². The zero-order valence-corrected chi connectivity index (χ0v) is 10.3. The number of hydrogen-bond acceptors (Lipinski definition) is 0. The summed E-state index contributed by atoms with van der Waals surface area (Å²) in [6.45, 7) is 2.19. The predicted molar refractivity (Wildman–Crippen MR) is 73.2 cm³/mol. The van der Waals surface area contributed by atoms with E-state index < -0.39 is 0 Å². The molecule has 1 saturated carbocycles. The van der Waals surface area contributed by atoms with E-state index >= 15 is 0 Å². The summed E-state index contributed by atoms with van der Waals surface area (Å²) in [6, 6.07) is 17.7. The van der Waals surface area contributed by atoms with E-state index in [4.69, 9.17) is 0 Å². The fourth-order valence-corrected chi connectivity index (χ4v) is 2.62. The molecule has 3 rings (SSSR count). The second-order valence-corrected chi connectivity index (χ2v) is 5.08. The molecule has 0 nitrogen and oxygen atoms in total. The lowest BCUT2D eigenvalue weighted by atomic mass is 9.77. The van der Waals surface area contributed by atoms with E-state index in [1.54, 1.807) is 5.56 Å². The van der Waals surface area contributed by atoms with Gasteiger partial charge in [-0.05, 0) is 42.4 Å². The first-order chi connectivity index (χ1) is 8.34. The monoisotopic (exact) mass is 222 g/mol. The summed E-state index contributed by atoms with van der Waals surface area (Å²) in [5, 5.41) is 0. The minimum atomic E-state index is 0.796. The Morgan fingerprint density at radius 2 is 1.71 bits per heavy atom. The lowest BCUT2D eigenvalue weighted by molar-refractivity contribution is 0.420. The van der Waals surface area contributed by atoms with Crippen LogP contribution >= 0.6 is 0 Å². The summed E-state index contributed by atoms with van der Waals surface area (Å²) < 4.78 is 0. The van der Waals surface area contributed by atoms with E-state index in [0.717, 1.165) is 5.92 Å². The van der Waals surface area contributed by atoms with Crippen LogP contribution in [0.1, 0.15) is 36.3 Å². The van der Waals surface area contributed by atoms with Gasteiger partial charge in [-0.1, -0.05) is 60.5 Å². The van der Waals surface area contributed by atoms with E-state index in [1.807, 2.05) is 0 Å². The molecule has 17 heavy (non-hydrogen) atoms. The maximum Gasteiger partial charge on any atom is -0.0149 e. The maximum atomic E-state index is 2.38. The molecule has 0 amide bonds. The molecule has 0 radical (unpaired) electrons. The summed E-state index contributed by atoms with van der Waals surface area (Å²) >= 11 is 0. The lowest BCUT2D eigenvalue weighted by Gasteiger charge is -2.28. The highest BCUT2D eigenvalue weighted by Gasteiger charge is 2.22. The van der Waals surface area contributed by atoms with E-state index in [1.165, 1.54) is 36.0 Å². The van der Waals surface area contributed by atoms with Crippen LogP contribution in [0.5, 0.6) is 0 Å². The van der Waals surface area contributed by atoms with E-state index in [2.05, 4.69) is 55.5 Å². The Balaban J connectivity index is 2.09. The van der Waals surface area contributed by atoms with Gasteiger partial charge in [-0.15, -0.1) is 0 Å². The van der Waals surface area contributed by atoms with Crippen molar-refractivity contribution >= 4 is 0 Å². The third-order valence-electron chi connectivity index (χ3n) is 3.84. The molecule has 86 valence electrons. The molecule has 0 unspecified atom stereocenters. The minimum absolute atomic E-state index is 0.796. The first-order valence-electron chi connectivity index (χ1n) is 6.50. The topological polar surface area (TPSA) is 0 Å². The van der Waals surface area contributed by atoms with Gasteiger partial charge in [0.2, 0.25) is 0 Å². The molecule has 0 atom stereocenters. The van der Waals surface area contributed by atoms with Crippen molar-refractivity contribution in [1.29, 1.82) is 0 Å². The Hall–Kier alpha value is -1.56. The van der Waals surface area contributed by atoms with Crippen LogP contribution in [0.15, 0.2) is 48.5 Å². The zero-order valence-electron chi connectivity index (χ0n) is 10.3. The van der Waals surface area contributed by atoms with Crippen LogP contribution in [0.3, 0.4) is 0 Å². The van der Waals surface area contributed by atoms with E-state index in [0.29, 0.717) is 0 Å². The number of benzene rings is 2. The van der Waals surface area contributed by atoms with Gasteiger partial charge >= 0.3 is 0 Å². The van der Waals surface area contributed by atoms with Crippen LogP contribution in [0.2, 0.25) is 0 Å². The Labute approximate surface area is 103 Å². The van der Waals surface area contributed by atoms with Gasteiger partial charge < -0.3 is 0 Å². The van der Waals surface area contributed by atoms with Crippen molar-refractivity contribution in [1.82, 2.24) is 0 Å². The highest BCUT2D eigenvalue weighted by molar-refractivity contribution is 5.68. The SMILES string of the molecule is Cc1ccc(-c2ccccc2)c(C2CCC2)c1. The summed E-state index contributed by atoms with van der Waals surface area (Å²) in [5.74, 6) is 0.796. The summed E-state index contributed by atoms with van der Waals surface area (Å²) in [7, 11) is 0. The Kier molecular flexibility index (Phi) is 2.72. The average Bonchev–Trinajstić information content (AvgIpc) is 2.28. The molecule has 1 aliphatic carbocycles. The second-order valence-electron chi connectivity index (χ2n) is 5.08. The van der Waals surface area contributed by atoms with E-state index in [9.17, 15) is 0 Å². The molecular formula is C17H18. The van der Waals surface area contributed by atoms with Crippen LogP contribution in [-0.2, 0) is 0 Å². The smallest absolute Gasteiger partial charge is 0.0149 e. The molecule has 0 spiro atoms. The molecule has 0 heteroatoms. The lowest BCUT2D eigenvalue weighted by Crippen LogP contribution is -2.10. The van der Waals surface area contributed by atoms with Crippen molar-refractivity contribution in [3.05, 3.63) is 59.7 Å². The zero-order chi connectivity index (χ0) is 11.7. The third kappa shape index (κ3) is 2.00. The van der Waals surface area contributed by atoms with Gasteiger partial charge in [0.15, 0.2) is 0 Å². The summed E-state index contributed by atoms with van der Waals surface area (Å²) in [6.07, 6.45) is 4.12. The molecular weight excluding hydrogens is 204 g/mol. The molecule has 0 saturated heterocycles. The van der Waals surface area contributed by atoms with Gasteiger partial charge in [-0.3, -0.25) is 0 Å². The first-order valence-corrected chi connectivity index (χ1v) is 6.50. The van der Waals surface area contributed by atoms with Crippen molar-refractivity contribution < 1.29 is 0 Å². The highest BCUT2D eigenvalue weighted by atomic mass is 14.3. The Bertz CT molecular complexity index is 507. The van der Waals surface area contributed by atoms with Crippen molar-refractivity contribution in [2.45, 2.75) is 32.1 Å². The van der Waals surface area contributed by atoms with Gasteiger partial charge in [-0.2, -0.15) is 0 Å². The fourth-order valence-electron chi connectivity index (χ4n) is 2.62. The summed E-state index contributed by atoms with van der Waals surface area (Å²) in [5.41, 5.74) is 5.73. The number of hydrogen-bond donors (Lipinski definition) is 0. The first kappa shape index (κ1) is 10.6. The standard InChI is InChI=1S/C17H18/c1-13-10-11-16(14-6-3-2-4-7-14)17(12-13)15-8-5-9-15/h2-4,6-7,10-12,15H,5,8-9H2,1H3. The predicted octanol–water partition coefficient (Wildman–Crippen LogP) is 4.93. The van der Waals surface area contributed by atoms with Crippen molar-refractivity contribution in [2.75, 3.05) is 0 Å². The molecule has 2 aromatic rings. The molecule has 0 aliphatic heterocycles. The average molecular weight is 222 g/mol. The van der Waals surface area contributed by atoms with Gasteiger partial charge in [0.25, 0.3) is 0 Å². The second kappa shape index (κ2) is 4.37. The number of rotatable bonds is 2. The Morgan fingerprint density at radius 3 is 2.35 bits per heavy atom. The van der Waals surface area contributed by atoms with Crippen LogP contribution in [0, 0.1) is 6.92 Å². The third-order valence-corrected chi connectivity index (χ3v) is 3.84. The molecule has 1 aliphatic rings. The van der Waals surface area contributed by atoms with Gasteiger partial charge in [-0.25, -0.2) is 0 Å². The minimum Gasteiger partial charge on any atom is -0.0622 e. The Morgan fingerprint density at radius 1 is 0.941 bits per heavy atom. The molecule has 0 N–H and O–H groups in total. The molecule has 1 fully saturated rings. The fraction of sp³-hybridized carbons (Fsp3) is 0.294.